The lowest BCUT2D eigenvalue weighted by Gasteiger charge is -2.04. The highest BCUT2D eigenvalue weighted by Gasteiger charge is 2.04. The average Bonchev–Trinajstić information content (AvgIpc) is 2.60. The molecule has 6 nitrogen and oxygen atoms in total. The number of hydrogen-bond donors (Lipinski definition) is 2. The summed E-state index contributed by atoms with van der Waals surface area (Å²) in [6.45, 7) is 2.14. The molecule has 0 aromatic carbocycles. The molecular formula is C18H28N4O2. The molecule has 2 N–H and O–H groups in total. The minimum atomic E-state index is -0.344. The van der Waals surface area contributed by atoms with Gasteiger partial charge in [0.15, 0.2) is 0 Å². The number of nitrogens with one attached hydrogen (secondary N) is 2. The molecule has 1 aromatic heterocycles. The van der Waals surface area contributed by atoms with Gasteiger partial charge in [0.05, 0.1) is 12.8 Å². The van der Waals surface area contributed by atoms with E-state index in [0.29, 0.717) is 6.42 Å². The molecule has 0 aliphatic heterocycles. The van der Waals surface area contributed by atoms with E-state index in [1.165, 1.54) is 38.3 Å². The highest BCUT2D eigenvalue weighted by atomic mass is 16.2. The van der Waals surface area contributed by atoms with E-state index < -0.39 is 0 Å². The normalized spacial score (nSPS) is 10.7. The molecule has 0 spiro atoms. The fourth-order valence-corrected chi connectivity index (χ4v) is 2.18. The van der Waals surface area contributed by atoms with Crippen LogP contribution in [-0.4, -0.2) is 29.6 Å². The monoisotopic (exact) mass is 332 g/mol. The van der Waals surface area contributed by atoms with Crippen molar-refractivity contribution in [3.8, 4) is 0 Å². The summed E-state index contributed by atoms with van der Waals surface area (Å²) in [5.74, 6) is -0.432. The van der Waals surface area contributed by atoms with E-state index in [9.17, 15) is 9.59 Å². The fraction of sp³-hybridized carbons (Fsp3) is 0.556. The Morgan fingerprint density at radius 1 is 1.12 bits per heavy atom. The summed E-state index contributed by atoms with van der Waals surface area (Å²) in [6.07, 6.45) is 13.5. The van der Waals surface area contributed by atoms with Gasteiger partial charge in [-0.15, -0.1) is 0 Å². The molecule has 6 heteroatoms. The van der Waals surface area contributed by atoms with E-state index in [2.05, 4.69) is 27.8 Å². The third-order valence-corrected chi connectivity index (χ3v) is 3.54. The van der Waals surface area contributed by atoms with Gasteiger partial charge in [0, 0.05) is 24.4 Å². The smallest absolute Gasteiger partial charge is 0.259 e. The van der Waals surface area contributed by atoms with E-state index >= 15 is 0 Å². The van der Waals surface area contributed by atoms with Gasteiger partial charge in [-0.05, 0) is 12.5 Å². The molecule has 0 unspecified atom stereocenters. The second kappa shape index (κ2) is 13.2. The van der Waals surface area contributed by atoms with Crippen LogP contribution in [0.1, 0.15) is 63.9 Å². The van der Waals surface area contributed by atoms with Gasteiger partial charge in [-0.3, -0.25) is 14.6 Å². The van der Waals surface area contributed by atoms with Crippen LogP contribution in [-0.2, 0) is 9.59 Å². The Bertz CT molecular complexity index is 503. The van der Waals surface area contributed by atoms with Crippen molar-refractivity contribution in [2.24, 2.45) is 5.10 Å². The van der Waals surface area contributed by atoms with Crippen molar-refractivity contribution in [2.45, 2.75) is 58.3 Å². The molecule has 1 rings (SSSR count). The first-order valence-electron chi connectivity index (χ1n) is 8.71. The van der Waals surface area contributed by atoms with Gasteiger partial charge in [-0.2, -0.15) is 5.10 Å². The van der Waals surface area contributed by atoms with Crippen LogP contribution in [0, 0.1) is 0 Å². The summed E-state index contributed by atoms with van der Waals surface area (Å²) in [6, 6.07) is 3.61. The molecular weight excluding hydrogens is 304 g/mol. The summed E-state index contributed by atoms with van der Waals surface area (Å²) in [5, 5.41) is 6.42. The van der Waals surface area contributed by atoms with E-state index in [1.54, 1.807) is 18.5 Å². The Labute approximate surface area is 144 Å². The molecule has 0 saturated heterocycles. The summed E-state index contributed by atoms with van der Waals surface area (Å²) >= 11 is 0. The molecule has 0 aliphatic carbocycles. The second-order valence-electron chi connectivity index (χ2n) is 5.73. The van der Waals surface area contributed by atoms with Gasteiger partial charge in [0.25, 0.3) is 5.91 Å². The van der Waals surface area contributed by atoms with Gasteiger partial charge in [-0.25, -0.2) is 5.43 Å². The first-order chi connectivity index (χ1) is 11.7. The van der Waals surface area contributed by atoms with Crippen molar-refractivity contribution < 1.29 is 9.59 Å². The molecule has 1 aromatic rings. The zero-order valence-corrected chi connectivity index (χ0v) is 14.5. The van der Waals surface area contributed by atoms with Crippen molar-refractivity contribution >= 4 is 18.0 Å². The number of hydrogen-bond acceptors (Lipinski definition) is 4. The van der Waals surface area contributed by atoms with Crippen LogP contribution in [0.3, 0.4) is 0 Å². The van der Waals surface area contributed by atoms with Gasteiger partial charge >= 0.3 is 0 Å². The largest absolute Gasteiger partial charge is 0.347 e. The first kappa shape index (κ1) is 19.8. The Hall–Kier alpha value is -2.24. The highest BCUT2D eigenvalue weighted by Crippen LogP contribution is 2.08. The second-order valence-corrected chi connectivity index (χ2v) is 5.73. The van der Waals surface area contributed by atoms with Crippen LogP contribution in [0.5, 0.6) is 0 Å². The number of rotatable bonds is 12. The van der Waals surface area contributed by atoms with Gasteiger partial charge in [-0.1, -0.05) is 51.5 Å². The molecule has 0 atom stereocenters. The molecule has 1 heterocycles. The number of aromatic nitrogens is 1. The molecule has 2 amide bonds. The lowest BCUT2D eigenvalue weighted by molar-refractivity contribution is -0.126. The van der Waals surface area contributed by atoms with E-state index in [1.807, 2.05) is 6.07 Å². The van der Waals surface area contributed by atoms with Crippen LogP contribution < -0.4 is 10.7 Å². The minimum Gasteiger partial charge on any atom is -0.347 e. The maximum Gasteiger partial charge on any atom is 0.259 e. The predicted octanol–water partition coefficient (Wildman–Crippen LogP) is 2.79. The number of carbonyl (C=O) groups is 2. The lowest BCUT2D eigenvalue weighted by atomic mass is 10.1. The van der Waals surface area contributed by atoms with Gasteiger partial charge < -0.3 is 5.32 Å². The van der Waals surface area contributed by atoms with E-state index in [0.717, 1.165) is 18.4 Å². The van der Waals surface area contributed by atoms with Crippen LogP contribution >= 0.6 is 0 Å². The van der Waals surface area contributed by atoms with Crippen molar-refractivity contribution in [2.75, 3.05) is 6.54 Å². The molecule has 0 radical (unpaired) electrons. The quantitative estimate of drug-likeness (QED) is 0.351. The number of amides is 2. The Kier molecular flexibility index (Phi) is 10.9. The van der Waals surface area contributed by atoms with E-state index in [4.69, 9.17) is 0 Å². The molecule has 0 bridgehead atoms. The van der Waals surface area contributed by atoms with Crippen LogP contribution in [0.4, 0.5) is 0 Å². The predicted molar refractivity (Wildman–Crippen MR) is 95.6 cm³/mol. The SMILES string of the molecule is CCCCCCCCCC(=O)NCC(=O)NN=Cc1cccnc1. The topological polar surface area (TPSA) is 83.5 Å². The molecule has 132 valence electrons. The van der Waals surface area contributed by atoms with Crippen LogP contribution in [0.25, 0.3) is 0 Å². The molecule has 0 aliphatic rings. The third-order valence-electron chi connectivity index (χ3n) is 3.54. The number of pyridine rings is 1. The Morgan fingerprint density at radius 3 is 2.58 bits per heavy atom. The first-order valence-corrected chi connectivity index (χ1v) is 8.71. The minimum absolute atomic E-state index is 0.0558. The standard InChI is InChI=1S/C18H28N4O2/c1-2-3-4-5-6-7-8-11-17(23)20-15-18(24)22-21-14-16-10-9-12-19-13-16/h9-10,12-14H,2-8,11,15H2,1H3,(H,20,23)(H,22,24). The maximum atomic E-state index is 11.6. The third kappa shape index (κ3) is 10.5. The van der Waals surface area contributed by atoms with Crippen LogP contribution in [0.15, 0.2) is 29.6 Å². The molecule has 0 saturated carbocycles. The number of carbonyl (C=O) groups excluding carboxylic acids is 2. The number of nitrogens with zero attached hydrogens (tertiary/aromatic N) is 2. The summed E-state index contributed by atoms with van der Waals surface area (Å²) in [5.41, 5.74) is 3.16. The van der Waals surface area contributed by atoms with Crippen molar-refractivity contribution in [1.82, 2.24) is 15.7 Å². The summed E-state index contributed by atoms with van der Waals surface area (Å²) in [7, 11) is 0. The van der Waals surface area contributed by atoms with Gasteiger partial charge in [0.1, 0.15) is 0 Å². The summed E-state index contributed by atoms with van der Waals surface area (Å²) < 4.78 is 0. The highest BCUT2D eigenvalue weighted by molar-refractivity contribution is 5.86. The zero-order valence-electron chi connectivity index (χ0n) is 14.5. The van der Waals surface area contributed by atoms with E-state index in [-0.39, 0.29) is 18.4 Å². The Morgan fingerprint density at radius 2 is 1.88 bits per heavy atom. The van der Waals surface area contributed by atoms with Crippen LogP contribution in [0.2, 0.25) is 0 Å². The average molecular weight is 332 g/mol. The lowest BCUT2D eigenvalue weighted by Crippen LogP contribution is -2.34. The Balaban J connectivity index is 2.03. The zero-order chi connectivity index (χ0) is 17.5. The van der Waals surface area contributed by atoms with Gasteiger partial charge in [0.2, 0.25) is 5.91 Å². The fourth-order valence-electron chi connectivity index (χ4n) is 2.18. The van der Waals surface area contributed by atoms with Crippen molar-refractivity contribution in [3.05, 3.63) is 30.1 Å². The maximum absolute atomic E-state index is 11.6. The number of hydrazone groups is 1. The van der Waals surface area contributed by atoms with Crippen molar-refractivity contribution in [1.29, 1.82) is 0 Å². The molecule has 0 fully saturated rings. The number of unbranched alkanes of at least 4 members (excludes halogenated alkanes) is 6. The van der Waals surface area contributed by atoms with Crippen molar-refractivity contribution in [3.63, 3.8) is 0 Å². The molecule has 24 heavy (non-hydrogen) atoms. The summed E-state index contributed by atoms with van der Waals surface area (Å²) in [4.78, 5) is 27.1.